The van der Waals surface area contributed by atoms with Gasteiger partial charge in [0.25, 0.3) is 5.91 Å². The molecule has 1 unspecified atom stereocenters. The van der Waals surface area contributed by atoms with Crippen LogP contribution in [0.3, 0.4) is 0 Å². The van der Waals surface area contributed by atoms with Gasteiger partial charge in [-0.2, -0.15) is 0 Å². The summed E-state index contributed by atoms with van der Waals surface area (Å²) in [5.41, 5.74) is 1.99. The van der Waals surface area contributed by atoms with Gasteiger partial charge in [-0.1, -0.05) is 23.7 Å². The number of hydrogen-bond donors (Lipinski definition) is 2. The zero-order chi connectivity index (χ0) is 27.0. The van der Waals surface area contributed by atoms with Crippen molar-refractivity contribution in [2.75, 3.05) is 18.1 Å². The number of halogens is 1. The van der Waals surface area contributed by atoms with E-state index in [1.807, 2.05) is 54.8 Å². The molecule has 2 aliphatic rings. The van der Waals surface area contributed by atoms with Crippen molar-refractivity contribution in [3.63, 3.8) is 0 Å². The molecule has 202 valence electrons. The summed E-state index contributed by atoms with van der Waals surface area (Å²) in [6.07, 6.45) is 2.51. The average Bonchev–Trinajstić information content (AvgIpc) is 3.64. The van der Waals surface area contributed by atoms with Gasteiger partial charge in [0.2, 0.25) is 12.2 Å². The Morgan fingerprint density at radius 2 is 1.89 bits per heavy atom. The number of nitrogens with zero attached hydrogens (tertiary/aromatic N) is 5. The lowest BCUT2D eigenvalue weighted by atomic mass is 10.1. The number of imidazole rings is 1. The number of rotatable bonds is 10. The van der Waals surface area contributed by atoms with Crippen LogP contribution in [0.4, 0.5) is 5.82 Å². The number of aliphatic hydroxyl groups excluding tert-OH is 2. The zero-order valence-corrected chi connectivity index (χ0v) is 22.7. The van der Waals surface area contributed by atoms with Crippen LogP contribution >= 0.6 is 11.6 Å². The molecule has 9 nitrogen and oxygen atoms in total. The van der Waals surface area contributed by atoms with Crippen molar-refractivity contribution in [1.29, 1.82) is 0 Å². The molecule has 10 heteroatoms. The van der Waals surface area contributed by atoms with E-state index < -0.39 is 12.5 Å². The maximum absolute atomic E-state index is 14.0. The molecule has 1 aromatic carbocycles. The lowest BCUT2D eigenvalue weighted by Gasteiger charge is -2.42. The molecule has 2 atom stereocenters. The molecule has 0 spiro atoms. The van der Waals surface area contributed by atoms with E-state index in [1.165, 1.54) is 4.90 Å². The number of aliphatic hydroxyl groups is 2. The van der Waals surface area contributed by atoms with Crippen LogP contribution in [-0.4, -0.2) is 67.2 Å². The fraction of sp³-hybridized carbons (Fsp3) is 0.464. The van der Waals surface area contributed by atoms with Crippen LogP contribution in [0.25, 0.3) is 11.4 Å². The summed E-state index contributed by atoms with van der Waals surface area (Å²) in [7, 11) is 0. The standard InChI is InChI=1S/C28H34ClN5O4/c1-17(2)34-25-23(27(36)32(28(34)37)14-12-18(3)35)33(15-19-8-10-21(29)11-9-19)24(31-25)22-5-4-13-30-26(22)38-16-20-6-7-20/h4-5,8-11,13,17-18,20,28,35,37H,6-7,12,14-16H2,1-3H3/t18-,28?/m1/s1. The first kappa shape index (κ1) is 26.5. The average molecular weight is 540 g/mol. The summed E-state index contributed by atoms with van der Waals surface area (Å²) in [5.74, 6) is 1.61. The largest absolute Gasteiger partial charge is 0.477 e. The van der Waals surface area contributed by atoms with Crippen LogP contribution in [0.2, 0.25) is 5.02 Å². The SMILES string of the molecule is CC(C)N1c2nc(-c3cccnc3OCC3CC3)n(Cc3ccc(Cl)cc3)c2C(=O)N(CC[C@@H](C)O)C1O. The Kier molecular flexibility index (Phi) is 7.61. The van der Waals surface area contributed by atoms with Crippen molar-refractivity contribution in [3.8, 4) is 17.3 Å². The molecule has 0 saturated heterocycles. The molecule has 3 heterocycles. The van der Waals surface area contributed by atoms with Crippen LogP contribution < -0.4 is 9.64 Å². The maximum atomic E-state index is 14.0. The summed E-state index contributed by atoms with van der Waals surface area (Å²) in [6, 6.07) is 11.0. The minimum atomic E-state index is -1.21. The quantitative estimate of drug-likeness (QED) is 0.399. The van der Waals surface area contributed by atoms with Gasteiger partial charge in [0.05, 0.1) is 18.3 Å². The lowest BCUT2D eigenvalue weighted by Crippen LogP contribution is -2.58. The van der Waals surface area contributed by atoms with Crippen LogP contribution in [0.5, 0.6) is 5.88 Å². The van der Waals surface area contributed by atoms with Crippen molar-refractivity contribution < 1.29 is 19.7 Å². The number of benzene rings is 1. The number of ether oxygens (including phenoxy) is 1. The van der Waals surface area contributed by atoms with E-state index in [0.717, 1.165) is 18.4 Å². The van der Waals surface area contributed by atoms with Gasteiger partial charge in [-0.15, -0.1) is 0 Å². The first-order valence-corrected chi connectivity index (χ1v) is 13.5. The molecular formula is C28H34ClN5O4. The van der Waals surface area contributed by atoms with Crippen LogP contribution in [0.1, 0.15) is 56.1 Å². The molecule has 0 bridgehead atoms. The maximum Gasteiger partial charge on any atom is 0.277 e. The molecule has 0 radical (unpaired) electrons. The van der Waals surface area contributed by atoms with E-state index in [4.69, 9.17) is 21.3 Å². The van der Waals surface area contributed by atoms with Gasteiger partial charge in [-0.3, -0.25) is 9.69 Å². The fourth-order valence-electron chi connectivity index (χ4n) is 4.68. The molecule has 1 aliphatic carbocycles. The Labute approximate surface area is 227 Å². The van der Waals surface area contributed by atoms with Crippen LogP contribution in [0.15, 0.2) is 42.6 Å². The Bertz CT molecular complexity index is 1290. The number of fused-ring (bicyclic) bond motifs is 1. The Morgan fingerprint density at radius 3 is 2.55 bits per heavy atom. The number of pyridine rings is 1. The van der Waals surface area contributed by atoms with E-state index in [2.05, 4.69) is 4.98 Å². The number of aromatic nitrogens is 3. The number of hydrogen-bond acceptors (Lipinski definition) is 7. The molecule has 1 fully saturated rings. The van der Waals surface area contributed by atoms with E-state index in [9.17, 15) is 15.0 Å². The normalized spacial score (nSPS) is 18.2. The Hall–Kier alpha value is -3.14. The highest BCUT2D eigenvalue weighted by molar-refractivity contribution is 6.30. The van der Waals surface area contributed by atoms with Crippen molar-refractivity contribution in [2.45, 2.75) is 65.1 Å². The van der Waals surface area contributed by atoms with Gasteiger partial charge in [-0.05, 0) is 75.8 Å². The van der Waals surface area contributed by atoms with Crippen molar-refractivity contribution in [2.24, 2.45) is 5.92 Å². The second-order valence-corrected chi connectivity index (χ2v) is 10.9. The van der Waals surface area contributed by atoms with E-state index in [1.54, 1.807) is 18.0 Å². The lowest BCUT2D eigenvalue weighted by molar-refractivity contribution is -0.00722. The minimum Gasteiger partial charge on any atom is -0.477 e. The summed E-state index contributed by atoms with van der Waals surface area (Å²) >= 11 is 6.14. The van der Waals surface area contributed by atoms with Crippen molar-refractivity contribution in [3.05, 3.63) is 58.9 Å². The second kappa shape index (κ2) is 10.9. The van der Waals surface area contributed by atoms with E-state index >= 15 is 0 Å². The van der Waals surface area contributed by atoms with E-state index in [-0.39, 0.29) is 18.5 Å². The number of carbonyl (C=O) groups is 1. The zero-order valence-electron chi connectivity index (χ0n) is 21.9. The van der Waals surface area contributed by atoms with Gasteiger partial charge in [0, 0.05) is 30.4 Å². The smallest absolute Gasteiger partial charge is 0.277 e. The number of amides is 1. The third-order valence-electron chi connectivity index (χ3n) is 6.95. The molecule has 5 rings (SSSR count). The Morgan fingerprint density at radius 1 is 1.16 bits per heavy atom. The minimum absolute atomic E-state index is 0.155. The molecule has 2 aromatic heterocycles. The van der Waals surface area contributed by atoms with Gasteiger partial charge in [-0.25, -0.2) is 9.97 Å². The van der Waals surface area contributed by atoms with Gasteiger partial charge < -0.3 is 24.4 Å². The van der Waals surface area contributed by atoms with Crippen molar-refractivity contribution >= 4 is 23.3 Å². The molecule has 1 aliphatic heterocycles. The highest BCUT2D eigenvalue weighted by Crippen LogP contribution is 2.39. The summed E-state index contributed by atoms with van der Waals surface area (Å²) < 4.78 is 7.98. The number of carbonyl (C=O) groups excluding carboxylic acids is 1. The number of anilines is 1. The first-order valence-electron chi connectivity index (χ1n) is 13.1. The molecule has 1 saturated carbocycles. The second-order valence-electron chi connectivity index (χ2n) is 10.4. The third-order valence-corrected chi connectivity index (χ3v) is 7.20. The predicted octanol–water partition coefficient (Wildman–Crippen LogP) is 4.15. The molecule has 38 heavy (non-hydrogen) atoms. The van der Waals surface area contributed by atoms with E-state index in [0.29, 0.717) is 59.3 Å². The molecule has 3 aromatic rings. The summed E-state index contributed by atoms with van der Waals surface area (Å²) in [6.45, 7) is 6.70. The van der Waals surface area contributed by atoms with Gasteiger partial charge >= 0.3 is 0 Å². The van der Waals surface area contributed by atoms with Gasteiger partial charge in [0.15, 0.2) is 11.5 Å². The Balaban J connectivity index is 1.66. The predicted molar refractivity (Wildman–Crippen MR) is 145 cm³/mol. The molecule has 2 N–H and O–H groups in total. The highest BCUT2D eigenvalue weighted by Gasteiger charge is 2.42. The molecular weight excluding hydrogens is 506 g/mol. The first-order chi connectivity index (χ1) is 18.2. The topological polar surface area (TPSA) is 104 Å². The highest BCUT2D eigenvalue weighted by atomic mass is 35.5. The third kappa shape index (κ3) is 5.36. The van der Waals surface area contributed by atoms with Crippen LogP contribution in [0, 0.1) is 5.92 Å². The van der Waals surface area contributed by atoms with Crippen molar-refractivity contribution in [1.82, 2.24) is 19.4 Å². The van der Waals surface area contributed by atoms with Gasteiger partial charge in [0.1, 0.15) is 5.82 Å². The molecule has 1 amide bonds. The van der Waals surface area contributed by atoms with Crippen LogP contribution in [-0.2, 0) is 6.54 Å². The monoisotopic (exact) mass is 539 g/mol. The summed E-state index contributed by atoms with van der Waals surface area (Å²) in [4.78, 5) is 26.5. The summed E-state index contributed by atoms with van der Waals surface area (Å²) in [5, 5.41) is 21.8. The fourth-order valence-corrected chi connectivity index (χ4v) is 4.80.